The van der Waals surface area contributed by atoms with Gasteiger partial charge in [-0.1, -0.05) is 38.0 Å². The highest BCUT2D eigenvalue weighted by molar-refractivity contribution is 5.18. The summed E-state index contributed by atoms with van der Waals surface area (Å²) >= 11 is 0. The zero-order chi connectivity index (χ0) is 14.0. The average molecular weight is 276 g/mol. The van der Waals surface area contributed by atoms with E-state index < -0.39 is 0 Å². The Balaban J connectivity index is 1.81. The standard InChI is InChI=1S/C17H25FN2/c1-2-15-12-20(11-14-7-3-4-8-16(14)18)17(13-19-15)9-5-6-10-17/h3-4,7-8,15,19H,2,5-6,9-13H2,1H3. The van der Waals surface area contributed by atoms with E-state index in [1.54, 1.807) is 12.1 Å². The zero-order valence-corrected chi connectivity index (χ0v) is 12.4. The van der Waals surface area contributed by atoms with E-state index in [2.05, 4.69) is 17.1 Å². The molecule has 1 saturated heterocycles. The van der Waals surface area contributed by atoms with Gasteiger partial charge in [0.1, 0.15) is 5.82 Å². The van der Waals surface area contributed by atoms with Gasteiger partial charge in [-0.05, 0) is 25.3 Å². The molecule has 20 heavy (non-hydrogen) atoms. The van der Waals surface area contributed by atoms with Crippen LogP contribution in [-0.2, 0) is 6.54 Å². The van der Waals surface area contributed by atoms with E-state index in [9.17, 15) is 4.39 Å². The molecule has 1 saturated carbocycles. The minimum atomic E-state index is -0.0628. The number of nitrogens with one attached hydrogen (secondary N) is 1. The predicted molar refractivity (Wildman–Crippen MR) is 80.1 cm³/mol. The van der Waals surface area contributed by atoms with Crippen molar-refractivity contribution in [3.05, 3.63) is 35.6 Å². The van der Waals surface area contributed by atoms with Crippen molar-refractivity contribution in [3.8, 4) is 0 Å². The van der Waals surface area contributed by atoms with Crippen LogP contribution in [0.4, 0.5) is 4.39 Å². The first-order valence-corrected chi connectivity index (χ1v) is 7.95. The fraction of sp³-hybridized carbons (Fsp3) is 0.647. The molecule has 0 aromatic heterocycles. The fourth-order valence-corrected chi connectivity index (χ4v) is 3.83. The molecule has 1 aliphatic heterocycles. The number of nitrogens with zero attached hydrogens (tertiary/aromatic N) is 1. The van der Waals surface area contributed by atoms with Crippen molar-refractivity contribution in [3.63, 3.8) is 0 Å². The van der Waals surface area contributed by atoms with Gasteiger partial charge in [-0.15, -0.1) is 0 Å². The molecule has 2 nitrogen and oxygen atoms in total. The van der Waals surface area contributed by atoms with Crippen LogP contribution in [0.2, 0.25) is 0 Å². The average Bonchev–Trinajstić information content (AvgIpc) is 2.93. The van der Waals surface area contributed by atoms with Gasteiger partial charge in [-0.25, -0.2) is 4.39 Å². The molecule has 1 aliphatic carbocycles. The van der Waals surface area contributed by atoms with E-state index in [1.165, 1.54) is 25.7 Å². The Kier molecular flexibility index (Phi) is 4.08. The second-order valence-corrected chi connectivity index (χ2v) is 6.39. The lowest BCUT2D eigenvalue weighted by Crippen LogP contribution is -2.63. The highest BCUT2D eigenvalue weighted by atomic mass is 19.1. The fourth-order valence-electron chi connectivity index (χ4n) is 3.83. The van der Waals surface area contributed by atoms with Crippen LogP contribution in [0, 0.1) is 5.82 Å². The third-order valence-electron chi connectivity index (χ3n) is 5.18. The molecule has 2 fully saturated rings. The Bertz CT molecular complexity index is 454. The van der Waals surface area contributed by atoms with Crippen LogP contribution in [0.5, 0.6) is 0 Å². The molecule has 1 atom stereocenters. The number of piperazine rings is 1. The second kappa shape index (κ2) is 5.82. The second-order valence-electron chi connectivity index (χ2n) is 6.39. The maximum atomic E-state index is 14.0. The van der Waals surface area contributed by atoms with E-state index in [4.69, 9.17) is 0 Å². The number of halogens is 1. The van der Waals surface area contributed by atoms with Gasteiger partial charge in [-0.2, -0.15) is 0 Å². The molecular formula is C17H25FN2. The van der Waals surface area contributed by atoms with Crippen LogP contribution in [-0.4, -0.2) is 29.6 Å². The quantitative estimate of drug-likeness (QED) is 0.911. The molecule has 1 aromatic carbocycles. The summed E-state index contributed by atoms with van der Waals surface area (Å²) in [5.74, 6) is -0.0628. The molecule has 110 valence electrons. The summed E-state index contributed by atoms with van der Waals surface area (Å²) in [6, 6.07) is 7.78. The van der Waals surface area contributed by atoms with Gasteiger partial charge in [-0.3, -0.25) is 4.90 Å². The topological polar surface area (TPSA) is 15.3 Å². The monoisotopic (exact) mass is 276 g/mol. The van der Waals surface area contributed by atoms with Gasteiger partial charge in [0.2, 0.25) is 0 Å². The summed E-state index contributed by atoms with van der Waals surface area (Å²) < 4.78 is 14.0. The summed E-state index contributed by atoms with van der Waals surface area (Å²) in [7, 11) is 0. The van der Waals surface area contributed by atoms with Crippen molar-refractivity contribution in [1.29, 1.82) is 0 Å². The van der Waals surface area contributed by atoms with Crippen LogP contribution in [0.25, 0.3) is 0 Å². The molecule has 3 heteroatoms. The number of benzene rings is 1. The molecule has 0 amide bonds. The summed E-state index contributed by atoms with van der Waals surface area (Å²) in [4.78, 5) is 2.56. The van der Waals surface area contributed by atoms with E-state index >= 15 is 0 Å². The maximum Gasteiger partial charge on any atom is 0.127 e. The van der Waals surface area contributed by atoms with Gasteiger partial charge in [0, 0.05) is 36.8 Å². The first-order chi connectivity index (χ1) is 9.73. The normalized spacial score (nSPS) is 26.2. The van der Waals surface area contributed by atoms with Crippen LogP contribution in [0.1, 0.15) is 44.6 Å². The number of hydrogen-bond acceptors (Lipinski definition) is 2. The lowest BCUT2D eigenvalue weighted by atomic mass is 9.90. The predicted octanol–water partition coefficient (Wildman–Crippen LogP) is 3.32. The lowest BCUT2D eigenvalue weighted by Gasteiger charge is -2.48. The Labute approximate surface area is 121 Å². The van der Waals surface area contributed by atoms with Crippen LogP contribution in [0.3, 0.4) is 0 Å². The first kappa shape index (κ1) is 14.0. The molecular weight excluding hydrogens is 251 g/mol. The van der Waals surface area contributed by atoms with Crippen LogP contribution < -0.4 is 5.32 Å². The van der Waals surface area contributed by atoms with E-state index in [0.29, 0.717) is 6.04 Å². The highest BCUT2D eigenvalue weighted by Crippen LogP contribution is 2.38. The van der Waals surface area contributed by atoms with Gasteiger partial charge in [0.15, 0.2) is 0 Å². The smallest absolute Gasteiger partial charge is 0.127 e. The van der Waals surface area contributed by atoms with Crippen LogP contribution >= 0.6 is 0 Å². The molecule has 1 heterocycles. The Morgan fingerprint density at radius 3 is 2.75 bits per heavy atom. The molecule has 1 N–H and O–H groups in total. The van der Waals surface area contributed by atoms with Crippen molar-refractivity contribution in [2.45, 2.75) is 57.2 Å². The van der Waals surface area contributed by atoms with Gasteiger partial charge < -0.3 is 5.32 Å². The van der Waals surface area contributed by atoms with E-state index in [0.717, 1.165) is 31.6 Å². The SMILES string of the molecule is CCC1CN(Cc2ccccc2F)C2(CCCC2)CN1. The van der Waals surface area contributed by atoms with Crippen molar-refractivity contribution in [2.75, 3.05) is 13.1 Å². The summed E-state index contributed by atoms with van der Waals surface area (Å²) in [5, 5.41) is 3.70. The summed E-state index contributed by atoms with van der Waals surface area (Å²) in [6.07, 6.45) is 6.28. The largest absolute Gasteiger partial charge is 0.311 e. The van der Waals surface area contributed by atoms with Gasteiger partial charge in [0.25, 0.3) is 0 Å². The molecule has 3 rings (SSSR count). The third kappa shape index (κ3) is 2.61. The summed E-state index contributed by atoms with van der Waals surface area (Å²) in [6.45, 7) is 5.10. The van der Waals surface area contributed by atoms with Crippen molar-refractivity contribution < 1.29 is 4.39 Å². The lowest BCUT2D eigenvalue weighted by molar-refractivity contribution is 0.0341. The van der Waals surface area contributed by atoms with Crippen molar-refractivity contribution >= 4 is 0 Å². The molecule has 1 spiro atoms. The number of rotatable bonds is 3. The van der Waals surface area contributed by atoms with Gasteiger partial charge in [0.05, 0.1) is 0 Å². The Hall–Kier alpha value is -0.930. The van der Waals surface area contributed by atoms with E-state index in [1.807, 2.05) is 12.1 Å². The van der Waals surface area contributed by atoms with Gasteiger partial charge >= 0.3 is 0 Å². The molecule has 0 bridgehead atoms. The Morgan fingerprint density at radius 2 is 2.05 bits per heavy atom. The minimum absolute atomic E-state index is 0.0628. The first-order valence-electron chi connectivity index (χ1n) is 7.95. The zero-order valence-electron chi connectivity index (χ0n) is 12.4. The Morgan fingerprint density at radius 1 is 1.30 bits per heavy atom. The minimum Gasteiger partial charge on any atom is -0.311 e. The molecule has 1 unspecified atom stereocenters. The van der Waals surface area contributed by atoms with Crippen molar-refractivity contribution in [1.82, 2.24) is 10.2 Å². The third-order valence-corrected chi connectivity index (χ3v) is 5.18. The van der Waals surface area contributed by atoms with Crippen LogP contribution in [0.15, 0.2) is 24.3 Å². The summed E-state index contributed by atoms with van der Waals surface area (Å²) in [5.41, 5.74) is 1.11. The molecule has 0 radical (unpaired) electrons. The molecule has 1 aromatic rings. The van der Waals surface area contributed by atoms with Crippen molar-refractivity contribution in [2.24, 2.45) is 0 Å². The molecule has 2 aliphatic rings. The van der Waals surface area contributed by atoms with E-state index in [-0.39, 0.29) is 11.4 Å². The maximum absolute atomic E-state index is 14.0. The highest BCUT2D eigenvalue weighted by Gasteiger charge is 2.43. The number of hydrogen-bond donors (Lipinski definition) is 1.